The summed E-state index contributed by atoms with van der Waals surface area (Å²) in [4.78, 5) is 4.58. The summed E-state index contributed by atoms with van der Waals surface area (Å²) in [6.07, 6.45) is 0.976. The van der Waals surface area contributed by atoms with Crippen molar-refractivity contribution in [2.45, 2.75) is 24.5 Å². The predicted octanol–water partition coefficient (Wildman–Crippen LogP) is 4.43. The third kappa shape index (κ3) is 2.21. The molecule has 2 nitrogen and oxygen atoms in total. The summed E-state index contributed by atoms with van der Waals surface area (Å²) in [6, 6.07) is 7.31. The molecule has 0 saturated carbocycles. The quantitative estimate of drug-likeness (QED) is 0.750. The second-order valence-corrected chi connectivity index (χ2v) is 7.01. The topological polar surface area (TPSA) is 36.1 Å². The third-order valence-electron chi connectivity index (χ3n) is 3.72. The molecule has 2 heterocycles. The molecular formula is C15H12BrFN2S. The molecule has 2 unspecified atom stereocenters. The van der Waals surface area contributed by atoms with Crippen LogP contribution in [-0.2, 0) is 0 Å². The van der Waals surface area contributed by atoms with E-state index in [1.165, 1.54) is 6.07 Å². The number of nitriles is 1. The van der Waals surface area contributed by atoms with Gasteiger partial charge in [-0.25, -0.2) is 4.39 Å². The van der Waals surface area contributed by atoms with Crippen LogP contribution in [-0.4, -0.2) is 16.7 Å². The first-order chi connectivity index (χ1) is 9.61. The smallest absolute Gasteiger partial charge is 0.137 e. The zero-order valence-corrected chi connectivity index (χ0v) is 13.3. The number of fused-ring (bicyclic) bond motifs is 1. The third-order valence-corrected chi connectivity index (χ3v) is 5.67. The summed E-state index contributed by atoms with van der Waals surface area (Å²) in [5.74, 6) is 0.739. The second-order valence-electron chi connectivity index (χ2n) is 4.91. The molecular weight excluding hydrogens is 339 g/mol. The summed E-state index contributed by atoms with van der Waals surface area (Å²) >= 11 is 5.07. The maximum Gasteiger partial charge on any atom is 0.137 e. The minimum atomic E-state index is -0.281. The number of hydrogen-bond donors (Lipinski definition) is 0. The van der Waals surface area contributed by atoms with Gasteiger partial charge in [0, 0.05) is 11.6 Å². The first-order valence-electron chi connectivity index (χ1n) is 6.36. The van der Waals surface area contributed by atoms with Gasteiger partial charge in [0.25, 0.3) is 0 Å². The molecule has 2 aliphatic heterocycles. The Kier molecular flexibility index (Phi) is 3.70. The van der Waals surface area contributed by atoms with E-state index in [1.807, 2.05) is 18.7 Å². The van der Waals surface area contributed by atoms with Crippen LogP contribution in [0.3, 0.4) is 0 Å². The zero-order chi connectivity index (χ0) is 14.3. The molecule has 5 heteroatoms. The number of benzene rings is 1. The largest absolute Gasteiger partial charge is 0.260 e. The molecule has 3 rings (SSSR count). The Balaban J connectivity index is 2.12. The van der Waals surface area contributed by atoms with E-state index in [9.17, 15) is 9.65 Å². The Morgan fingerprint density at radius 2 is 2.30 bits per heavy atom. The number of aliphatic imine (C=N–C) groups is 1. The molecule has 20 heavy (non-hydrogen) atoms. The van der Waals surface area contributed by atoms with Crippen LogP contribution in [0.25, 0.3) is 0 Å². The van der Waals surface area contributed by atoms with Crippen molar-refractivity contribution in [3.63, 3.8) is 0 Å². The van der Waals surface area contributed by atoms with E-state index in [0.717, 1.165) is 29.1 Å². The van der Waals surface area contributed by atoms with Gasteiger partial charge in [-0.15, -0.1) is 0 Å². The van der Waals surface area contributed by atoms with E-state index in [0.29, 0.717) is 10.0 Å². The molecule has 2 aliphatic rings. The predicted molar refractivity (Wildman–Crippen MR) is 83.5 cm³/mol. The van der Waals surface area contributed by atoms with Crippen LogP contribution in [0.5, 0.6) is 0 Å². The van der Waals surface area contributed by atoms with E-state index in [-0.39, 0.29) is 17.0 Å². The van der Waals surface area contributed by atoms with Gasteiger partial charge in [-0.1, -0.05) is 6.07 Å². The highest BCUT2D eigenvalue weighted by Crippen LogP contribution is 2.44. The SMILES string of the molecule is CC1=C(C#N)C(c2ccc(F)c(Br)c2)C2SCCC2=N1. The normalized spacial score (nSPS) is 25.2. The number of thioether (sulfide) groups is 1. The highest BCUT2D eigenvalue weighted by Gasteiger charge is 2.38. The summed E-state index contributed by atoms with van der Waals surface area (Å²) < 4.78 is 13.9. The number of halogens is 2. The van der Waals surface area contributed by atoms with E-state index >= 15 is 0 Å². The van der Waals surface area contributed by atoms with Crippen molar-refractivity contribution >= 4 is 33.4 Å². The molecule has 0 radical (unpaired) electrons. The summed E-state index contributed by atoms with van der Waals surface area (Å²) in [6.45, 7) is 1.89. The number of rotatable bonds is 1. The summed E-state index contributed by atoms with van der Waals surface area (Å²) in [7, 11) is 0. The van der Waals surface area contributed by atoms with Crippen molar-refractivity contribution in [1.29, 1.82) is 5.26 Å². The van der Waals surface area contributed by atoms with Crippen LogP contribution in [0, 0.1) is 17.1 Å². The first kappa shape index (κ1) is 13.8. The van der Waals surface area contributed by atoms with Gasteiger partial charge in [-0.05, 0) is 52.7 Å². The van der Waals surface area contributed by atoms with Crippen LogP contribution < -0.4 is 0 Å². The molecule has 0 aromatic heterocycles. The summed E-state index contributed by atoms with van der Waals surface area (Å²) in [5, 5.41) is 9.68. The number of nitrogens with zero attached hydrogens (tertiary/aromatic N) is 2. The van der Waals surface area contributed by atoms with Crippen LogP contribution >= 0.6 is 27.7 Å². The Morgan fingerprint density at radius 3 is 3.00 bits per heavy atom. The van der Waals surface area contributed by atoms with Gasteiger partial charge >= 0.3 is 0 Å². The first-order valence-corrected chi connectivity index (χ1v) is 8.21. The highest BCUT2D eigenvalue weighted by molar-refractivity contribution is 9.10. The molecule has 1 saturated heterocycles. The lowest BCUT2D eigenvalue weighted by Crippen LogP contribution is -2.26. The number of hydrogen-bond acceptors (Lipinski definition) is 3. The van der Waals surface area contributed by atoms with Gasteiger partial charge in [-0.3, -0.25) is 4.99 Å². The molecule has 1 aromatic rings. The van der Waals surface area contributed by atoms with Crippen molar-refractivity contribution in [3.05, 3.63) is 45.3 Å². The van der Waals surface area contributed by atoms with Crippen molar-refractivity contribution in [1.82, 2.24) is 0 Å². The van der Waals surface area contributed by atoms with Gasteiger partial charge in [0.05, 0.1) is 27.1 Å². The fraction of sp³-hybridized carbons (Fsp3) is 0.333. The minimum Gasteiger partial charge on any atom is -0.260 e. The Morgan fingerprint density at radius 1 is 1.50 bits per heavy atom. The lowest BCUT2D eigenvalue weighted by atomic mass is 9.83. The van der Waals surface area contributed by atoms with Crippen LogP contribution in [0.2, 0.25) is 0 Å². The summed E-state index contributed by atoms with van der Waals surface area (Å²) in [5.41, 5.74) is 3.64. The molecule has 2 atom stereocenters. The molecule has 0 spiro atoms. The molecule has 0 aliphatic carbocycles. The molecule has 0 amide bonds. The fourth-order valence-corrected chi connectivity index (χ4v) is 4.61. The van der Waals surface area contributed by atoms with Crippen LogP contribution in [0.1, 0.15) is 24.8 Å². The van der Waals surface area contributed by atoms with Crippen molar-refractivity contribution < 1.29 is 4.39 Å². The van der Waals surface area contributed by atoms with Crippen LogP contribution in [0.15, 0.2) is 38.9 Å². The fourth-order valence-electron chi connectivity index (χ4n) is 2.79. The minimum absolute atomic E-state index is 0.0168. The van der Waals surface area contributed by atoms with E-state index in [1.54, 1.807) is 12.1 Å². The van der Waals surface area contributed by atoms with Gasteiger partial charge in [0.15, 0.2) is 0 Å². The Bertz CT molecular complexity index is 675. The van der Waals surface area contributed by atoms with E-state index in [2.05, 4.69) is 27.0 Å². The molecule has 1 fully saturated rings. The Hall–Kier alpha value is -1.12. The Labute approximate surface area is 129 Å². The monoisotopic (exact) mass is 350 g/mol. The van der Waals surface area contributed by atoms with Crippen molar-refractivity contribution in [2.24, 2.45) is 4.99 Å². The van der Waals surface area contributed by atoms with E-state index < -0.39 is 0 Å². The maximum atomic E-state index is 13.4. The zero-order valence-electron chi connectivity index (χ0n) is 10.9. The van der Waals surface area contributed by atoms with Gasteiger partial charge in [0.2, 0.25) is 0 Å². The molecule has 0 bridgehead atoms. The second kappa shape index (κ2) is 5.34. The maximum absolute atomic E-state index is 13.4. The standard InChI is InChI=1S/C15H12BrFN2S/c1-8-10(7-18)14(15-13(19-8)4-5-20-15)9-2-3-12(17)11(16)6-9/h2-3,6,14-15H,4-5H2,1H3. The molecule has 102 valence electrons. The molecule has 1 aromatic carbocycles. The van der Waals surface area contributed by atoms with Gasteiger partial charge in [0.1, 0.15) is 5.82 Å². The average Bonchev–Trinajstić information content (AvgIpc) is 2.88. The molecule has 0 N–H and O–H groups in total. The lowest BCUT2D eigenvalue weighted by molar-refractivity contribution is 0.619. The number of allylic oxidation sites excluding steroid dienone is 2. The van der Waals surface area contributed by atoms with Crippen LogP contribution in [0.4, 0.5) is 4.39 Å². The van der Waals surface area contributed by atoms with Gasteiger partial charge in [-0.2, -0.15) is 17.0 Å². The van der Waals surface area contributed by atoms with Crippen molar-refractivity contribution in [3.8, 4) is 6.07 Å². The highest BCUT2D eigenvalue weighted by atomic mass is 79.9. The van der Waals surface area contributed by atoms with Crippen molar-refractivity contribution in [2.75, 3.05) is 5.75 Å². The van der Waals surface area contributed by atoms with E-state index in [4.69, 9.17) is 0 Å². The lowest BCUT2D eigenvalue weighted by Gasteiger charge is -2.28. The average molecular weight is 351 g/mol. The van der Waals surface area contributed by atoms with Gasteiger partial charge < -0.3 is 0 Å².